The molecule has 0 unspecified atom stereocenters. The molecule has 0 aliphatic heterocycles. The lowest BCUT2D eigenvalue weighted by Gasteiger charge is -2.24. The summed E-state index contributed by atoms with van der Waals surface area (Å²) in [6, 6.07) is 9.56. The molecule has 3 heteroatoms. The van der Waals surface area contributed by atoms with Crippen LogP contribution in [0.15, 0.2) is 36.5 Å². The van der Waals surface area contributed by atoms with E-state index >= 15 is 0 Å². The number of aromatic nitrogens is 1. The number of carbonyl (C=O) groups excluding carboxylic acids is 1. The zero-order valence-corrected chi connectivity index (χ0v) is 11.5. The molecule has 104 valence electrons. The molecule has 0 spiro atoms. The van der Waals surface area contributed by atoms with Crippen LogP contribution in [-0.2, 0) is 0 Å². The molecular formula is C17H19NO2. The Kier molecular flexibility index (Phi) is 3.53. The number of fused-ring (bicyclic) bond motifs is 1. The van der Waals surface area contributed by atoms with Gasteiger partial charge in [0.25, 0.3) is 0 Å². The quantitative estimate of drug-likeness (QED) is 0.670. The number of pyridine rings is 1. The van der Waals surface area contributed by atoms with Crippen molar-refractivity contribution in [3.63, 3.8) is 0 Å². The van der Waals surface area contributed by atoms with Gasteiger partial charge in [-0.3, -0.25) is 9.78 Å². The first kappa shape index (κ1) is 13.3. The summed E-state index contributed by atoms with van der Waals surface area (Å²) in [5.74, 6) is -0.169. The molecule has 0 saturated heterocycles. The molecule has 0 radical (unpaired) electrons. The minimum Gasteiger partial charge on any atom is -0.382 e. The van der Waals surface area contributed by atoms with E-state index in [4.69, 9.17) is 0 Å². The van der Waals surface area contributed by atoms with Crippen LogP contribution in [-0.4, -0.2) is 21.5 Å². The van der Waals surface area contributed by atoms with E-state index in [0.717, 1.165) is 36.6 Å². The summed E-state index contributed by atoms with van der Waals surface area (Å²) in [4.78, 5) is 16.9. The third kappa shape index (κ3) is 2.46. The summed E-state index contributed by atoms with van der Waals surface area (Å²) in [6.07, 6.45) is 6.77. The van der Waals surface area contributed by atoms with E-state index in [0.29, 0.717) is 18.4 Å². The van der Waals surface area contributed by atoms with Gasteiger partial charge in [0, 0.05) is 17.1 Å². The Hall–Kier alpha value is -1.74. The summed E-state index contributed by atoms with van der Waals surface area (Å²) < 4.78 is 0. The van der Waals surface area contributed by atoms with Crippen molar-refractivity contribution in [3.8, 4) is 0 Å². The zero-order valence-electron chi connectivity index (χ0n) is 11.5. The molecule has 1 saturated carbocycles. The fourth-order valence-electron chi connectivity index (χ4n) is 3.00. The van der Waals surface area contributed by atoms with Gasteiger partial charge < -0.3 is 5.11 Å². The maximum absolute atomic E-state index is 12.6. The van der Waals surface area contributed by atoms with Gasteiger partial charge in [-0.2, -0.15) is 0 Å². The molecule has 1 aromatic heterocycles. The number of nitrogens with zero attached hydrogens (tertiary/aromatic N) is 1. The van der Waals surface area contributed by atoms with Gasteiger partial charge in [-0.05, 0) is 25.0 Å². The van der Waals surface area contributed by atoms with Crippen LogP contribution in [0.2, 0.25) is 0 Å². The summed E-state index contributed by atoms with van der Waals surface area (Å²) in [5, 5.41) is 11.6. The van der Waals surface area contributed by atoms with E-state index in [1.807, 2.05) is 30.3 Å². The molecule has 1 aromatic carbocycles. The number of hydrogen-bond acceptors (Lipinski definition) is 3. The van der Waals surface area contributed by atoms with Gasteiger partial charge in [0.15, 0.2) is 5.78 Å². The van der Waals surface area contributed by atoms with Crippen molar-refractivity contribution >= 4 is 16.7 Å². The molecule has 1 aliphatic carbocycles. The predicted molar refractivity (Wildman–Crippen MR) is 78.7 cm³/mol. The minimum atomic E-state index is -1.19. The summed E-state index contributed by atoms with van der Waals surface area (Å²) in [6.45, 7) is 0. The highest BCUT2D eigenvalue weighted by atomic mass is 16.3. The summed E-state index contributed by atoms with van der Waals surface area (Å²) in [7, 11) is 0. The third-order valence-corrected chi connectivity index (χ3v) is 4.21. The number of aliphatic hydroxyl groups is 1. The lowest BCUT2D eigenvalue weighted by atomic mass is 9.86. The van der Waals surface area contributed by atoms with Crippen LogP contribution < -0.4 is 0 Å². The monoisotopic (exact) mass is 269 g/mol. The normalized spacial score (nSPS) is 18.6. The second kappa shape index (κ2) is 5.33. The largest absolute Gasteiger partial charge is 0.382 e. The van der Waals surface area contributed by atoms with E-state index in [1.165, 1.54) is 0 Å². The summed E-state index contributed by atoms with van der Waals surface area (Å²) >= 11 is 0. The van der Waals surface area contributed by atoms with Gasteiger partial charge in [-0.25, -0.2) is 0 Å². The third-order valence-electron chi connectivity index (χ3n) is 4.21. The van der Waals surface area contributed by atoms with Crippen LogP contribution in [0.3, 0.4) is 0 Å². The van der Waals surface area contributed by atoms with Gasteiger partial charge in [-0.15, -0.1) is 0 Å². The van der Waals surface area contributed by atoms with Gasteiger partial charge in [-0.1, -0.05) is 43.9 Å². The highest BCUT2D eigenvalue weighted by Crippen LogP contribution is 2.30. The highest BCUT2D eigenvalue weighted by Gasteiger charge is 2.36. The molecule has 0 bridgehead atoms. The molecule has 1 aliphatic rings. The van der Waals surface area contributed by atoms with Crippen LogP contribution >= 0.6 is 0 Å². The van der Waals surface area contributed by atoms with Crippen molar-refractivity contribution in [3.05, 3.63) is 42.1 Å². The van der Waals surface area contributed by atoms with Gasteiger partial charge in [0.1, 0.15) is 5.60 Å². The van der Waals surface area contributed by atoms with Crippen LogP contribution in [0.4, 0.5) is 0 Å². The number of rotatable bonds is 2. The van der Waals surface area contributed by atoms with Gasteiger partial charge in [0.05, 0.1) is 5.52 Å². The van der Waals surface area contributed by atoms with E-state index in [9.17, 15) is 9.90 Å². The predicted octanol–water partition coefficient (Wildman–Crippen LogP) is 3.50. The lowest BCUT2D eigenvalue weighted by molar-refractivity contribution is 0.0238. The van der Waals surface area contributed by atoms with Gasteiger partial charge in [0.2, 0.25) is 0 Å². The molecule has 1 N–H and O–H groups in total. The van der Waals surface area contributed by atoms with Crippen molar-refractivity contribution in [2.45, 2.75) is 44.1 Å². The molecule has 0 atom stereocenters. The van der Waals surface area contributed by atoms with Crippen molar-refractivity contribution < 1.29 is 9.90 Å². The molecule has 1 heterocycles. The number of benzene rings is 1. The Bertz CT molecular complexity index is 628. The summed E-state index contributed by atoms with van der Waals surface area (Å²) in [5.41, 5.74) is 0.200. The molecule has 3 rings (SSSR count). The second-order valence-electron chi connectivity index (χ2n) is 5.69. The van der Waals surface area contributed by atoms with E-state index in [2.05, 4.69) is 4.98 Å². The molecule has 2 aromatic rings. The Labute approximate surface area is 118 Å². The maximum Gasteiger partial charge on any atom is 0.195 e. The number of hydrogen-bond donors (Lipinski definition) is 1. The number of para-hydroxylation sites is 1. The first-order valence-corrected chi connectivity index (χ1v) is 7.31. The van der Waals surface area contributed by atoms with Crippen LogP contribution in [0.1, 0.15) is 48.9 Å². The average molecular weight is 269 g/mol. The Morgan fingerprint density at radius 2 is 1.80 bits per heavy atom. The lowest BCUT2D eigenvalue weighted by Crippen LogP contribution is -2.38. The molecule has 0 amide bonds. The van der Waals surface area contributed by atoms with Crippen molar-refractivity contribution in [1.29, 1.82) is 0 Å². The Morgan fingerprint density at radius 1 is 1.10 bits per heavy atom. The smallest absolute Gasteiger partial charge is 0.195 e. The molecule has 1 fully saturated rings. The number of ketones is 1. The maximum atomic E-state index is 12.6. The van der Waals surface area contributed by atoms with E-state index in [1.54, 1.807) is 6.20 Å². The second-order valence-corrected chi connectivity index (χ2v) is 5.69. The van der Waals surface area contributed by atoms with Crippen LogP contribution in [0.5, 0.6) is 0 Å². The zero-order chi connectivity index (χ0) is 14.0. The highest BCUT2D eigenvalue weighted by molar-refractivity contribution is 6.04. The molecule has 20 heavy (non-hydrogen) atoms. The van der Waals surface area contributed by atoms with Crippen LogP contribution in [0.25, 0.3) is 10.9 Å². The fraction of sp³-hybridized carbons (Fsp3) is 0.412. The van der Waals surface area contributed by atoms with Crippen molar-refractivity contribution in [2.75, 3.05) is 0 Å². The molecular weight excluding hydrogens is 250 g/mol. The van der Waals surface area contributed by atoms with Crippen LogP contribution in [0, 0.1) is 0 Å². The van der Waals surface area contributed by atoms with E-state index in [-0.39, 0.29) is 5.78 Å². The van der Waals surface area contributed by atoms with Gasteiger partial charge >= 0.3 is 0 Å². The Morgan fingerprint density at radius 3 is 2.55 bits per heavy atom. The standard InChI is InChI=1S/C17H19NO2/c19-16(17(20)9-5-1-2-6-10-17)14-11-13-7-3-4-8-15(13)18-12-14/h3-4,7-8,11-12,20H,1-2,5-6,9-10H2. The number of Topliss-reactive ketones (excluding diaryl/α,β-unsaturated/α-hetero) is 1. The van der Waals surface area contributed by atoms with E-state index < -0.39 is 5.60 Å². The first-order valence-electron chi connectivity index (χ1n) is 7.31. The average Bonchev–Trinajstić information content (AvgIpc) is 2.72. The number of carbonyl (C=O) groups is 1. The first-order chi connectivity index (χ1) is 9.69. The Balaban J connectivity index is 1.94. The van der Waals surface area contributed by atoms with Crippen molar-refractivity contribution in [2.24, 2.45) is 0 Å². The SMILES string of the molecule is O=C(c1cnc2ccccc2c1)C1(O)CCCCCC1. The van der Waals surface area contributed by atoms with Crippen molar-refractivity contribution in [1.82, 2.24) is 4.98 Å². The minimum absolute atomic E-state index is 0.169. The fourth-order valence-corrected chi connectivity index (χ4v) is 3.00. The topological polar surface area (TPSA) is 50.2 Å². The molecule has 3 nitrogen and oxygen atoms in total.